The van der Waals surface area contributed by atoms with Crippen LogP contribution in [0.25, 0.3) is 0 Å². The lowest BCUT2D eigenvalue weighted by atomic mass is 10.0. The molecule has 0 aliphatic carbocycles. The molecule has 0 saturated heterocycles. The van der Waals surface area contributed by atoms with E-state index in [4.69, 9.17) is 0 Å². The fourth-order valence-electron chi connectivity index (χ4n) is 1.96. The summed E-state index contributed by atoms with van der Waals surface area (Å²) in [4.78, 5) is 0. The Morgan fingerprint density at radius 3 is 2.47 bits per heavy atom. The molecule has 0 fully saturated rings. The molecule has 2 aromatic carbocycles. The van der Waals surface area contributed by atoms with E-state index in [-0.39, 0.29) is 6.04 Å². The van der Waals surface area contributed by atoms with Crippen LogP contribution < -0.4 is 5.32 Å². The van der Waals surface area contributed by atoms with Gasteiger partial charge in [0.15, 0.2) is 0 Å². The van der Waals surface area contributed by atoms with Gasteiger partial charge in [-0.3, -0.25) is 0 Å². The molecule has 0 saturated carbocycles. The summed E-state index contributed by atoms with van der Waals surface area (Å²) in [5.41, 5.74) is 1.89. The topological polar surface area (TPSA) is 32.3 Å². The van der Waals surface area contributed by atoms with Crippen LogP contribution in [0.3, 0.4) is 0 Å². The second kappa shape index (κ2) is 6.43. The number of hydrogen-bond donors (Lipinski definition) is 2. The highest BCUT2D eigenvalue weighted by Crippen LogP contribution is 2.29. The number of nitrogens with one attached hydrogen (secondary N) is 1. The van der Waals surface area contributed by atoms with Gasteiger partial charge >= 0.3 is 0 Å². The fourth-order valence-corrected chi connectivity index (χ4v) is 2.22. The highest BCUT2D eigenvalue weighted by atomic mass is 79.9. The summed E-state index contributed by atoms with van der Waals surface area (Å²) in [6, 6.07) is 15.4. The van der Waals surface area contributed by atoms with Crippen molar-refractivity contribution in [2.45, 2.75) is 12.5 Å². The largest absolute Gasteiger partial charge is 0.508 e. The van der Waals surface area contributed by atoms with E-state index in [0.29, 0.717) is 5.75 Å². The van der Waals surface area contributed by atoms with Gasteiger partial charge in [-0.1, -0.05) is 40.2 Å². The first-order valence-electron chi connectivity index (χ1n) is 6.11. The molecule has 2 nitrogen and oxygen atoms in total. The molecule has 2 N–H and O–H groups in total. The van der Waals surface area contributed by atoms with Crippen LogP contribution >= 0.6 is 15.9 Å². The molecule has 3 heteroatoms. The fraction of sp³-hybridized carbons (Fsp3) is 0.125. The molecule has 98 valence electrons. The molecule has 0 amide bonds. The molecule has 19 heavy (non-hydrogen) atoms. The number of rotatable bonds is 5. The first-order valence-corrected chi connectivity index (χ1v) is 6.91. The zero-order valence-electron chi connectivity index (χ0n) is 10.5. The standard InChI is InChI=1S/C16H16BrNO/c1-2-5-15(14-6-3-4-7-16(14)19)18-13-10-8-12(17)9-11-13/h2-4,6-11,15,18-19H,1,5H2. The van der Waals surface area contributed by atoms with Gasteiger partial charge in [0.05, 0.1) is 6.04 Å². The van der Waals surface area contributed by atoms with Crippen molar-refractivity contribution < 1.29 is 5.11 Å². The van der Waals surface area contributed by atoms with Gasteiger partial charge in [0.2, 0.25) is 0 Å². The molecule has 0 radical (unpaired) electrons. The quantitative estimate of drug-likeness (QED) is 0.770. The Hall–Kier alpha value is -1.74. The molecule has 2 aromatic rings. The number of para-hydroxylation sites is 1. The number of anilines is 1. The Balaban J connectivity index is 2.23. The Morgan fingerprint density at radius 1 is 1.16 bits per heavy atom. The van der Waals surface area contributed by atoms with Crippen LogP contribution in [-0.4, -0.2) is 5.11 Å². The van der Waals surface area contributed by atoms with Crippen LogP contribution in [-0.2, 0) is 0 Å². The molecule has 2 rings (SSSR count). The first-order chi connectivity index (χ1) is 9.20. The molecule has 0 aliphatic rings. The van der Waals surface area contributed by atoms with Crippen molar-refractivity contribution in [2.75, 3.05) is 5.32 Å². The number of halogens is 1. The van der Waals surface area contributed by atoms with Gasteiger partial charge in [0.1, 0.15) is 5.75 Å². The van der Waals surface area contributed by atoms with Crippen LogP contribution in [0.15, 0.2) is 65.7 Å². The monoisotopic (exact) mass is 317 g/mol. The third kappa shape index (κ3) is 3.61. The van der Waals surface area contributed by atoms with Crippen LogP contribution in [0.1, 0.15) is 18.0 Å². The third-order valence-corrected chi connectivity index (χ3v) is 3.43. The minimum absolute atomic E-state index is 0.0138. The van der Waals surface area contributed by atoms with Crippen LogP contribution in [0.4, 0.5) is 5.69 Å². The Labute approximate surface area is 121 Å². The number of aromatic hydroxyl groups is 1. The second-order valence-corrected chi connectivity index (χ2v) is 5.20. The maximum atomic E-state index is 9.95. The summed E-state index contributed by atoms with van der Waals surface area (Å²) in [6.07, 6.45) is 2.59. The van der Waals surface area contributed by atoms with Gasteiger partial charge in [-0.25, -0.2) is 0 Å². The van der Waals surface area contributed by atoms with Crippen molar-refractivity contribution >= 4 is 21.6 Å². The lowest BCUT2D eigenvalue weighted by molar-refractivity contribution is 0.464. The molecule has 1 unspecified atom stereocenters. The predicted molar refractivity (Wildman–Crippen MR) is 83.4 cm³/mol. The average molecular weight is 318 g/mol. The molecule has 0 aromatic heterocycles. The Kier molecular flexibility index (Phi) is 4.63. The van der Waals surface area contributed by atoms with E-state index in [0.717, 1.165) is 22.1 Å². The third-order valence-electron chi connectivity index (χ3n) is 2.90. The van der Waals surface area contributed by atoms with Crippen molar-refractivity contribution in [3.63, 3.8) is 0 Å². The average Bonchev–Trinajstić information content (AvgIpc) is 2.41. The minimum atomic E-state index is 0.0138. The van der Waals surface area contributed by atoms with E-state index < -0.39 is 0 Å². The van der Waals surface area contributed by atoms with Crippen LogP contribution in [0.5, 0.6) is 5.75 Å². The Morgan fingerprint density at radius 2 is 1.84 bits per heavy atom. The summed E-state index contributed by atoms with van der Waals surface area (Å²) in [6.45, 7) is 3.78. The Bertz CT molecular complexity index is 551. The molecule has 0 bridgehead atoms. The highest BCUT2D eigenvalue weighted by Gasteiger charge is 2.13. The summed E-state index contributed by atoms with van der Waals surface area (Å²) in [5.74, 6) is 0.305. The maximum absolute atomic E-state index is 9.95. The lowest BCUT2D eigenvalue weighted by Gasteiger charge is -2.20. The lowest BCUT2D eigenvalue weighted by Crippen LogP contribution is -2.10. The number of phenols is 1. The molecule has 0 spiro atoms. The van der Waals surface area contributed by atoms with Crippen LogP contribution in [0.2, 0.25) is 0 Å². The smallest absolute Gasteiger partial charge is 0.120 e. The zero-order chi connectivity index (χ0) is 13.7. The molecule has 1 atom stereocenters. The molecule has 0 aliphatic heterocycles. The first kappa shape index (κ1) is 13.7. The van der Waals surface area contributed by atoms with E-state index in [9.17, 15) is 5.11 Å². The van der Waals surface area contributed by atoms with Crippen LogP contribution in [0, 0.1) is 0 Å². The summed E-state index contributed by atoms with van der Waals surface area (Å²) in [7, 11) is 0. The van der Waals surface area contributed by atoms with E-state index in [1.54, 1.807) is 6.07 Å². The van der Waals surface area contributed by atoms with Crippen molar-refractivity contribution in [2.24, 2.45) is 0 Å². The van der Waals surface area contributed by atoms with Gasteiger partial charge in [0, 0.05) is 15.7 Å². The highest BCUT2D eigenvalue weighted by molar-refractivity contribution is 9.10. The van der Waals surface area contributed by atoms with Gasteiger partial charge in [-0.15, -0.1) is 6.58 Å². The van der Waals surface area contributed by atoms with E-state index in [2.05, 4.69) is 27.8 Å². The number of phenolic OH excluding ortho intramolecular Hbond substituents is 1. The molecular weight excluding hydrogens is 302 g/mol. The SMILES string of the molecule is C=CCC(Nc1ccc(Br)cc1)c1ccccc1O. The maximum Gasteiger partial charge on any atom is 0.120 e. The minimum Gasteiger partial charge on any atom is -0.508 e. The van der Waals surface area contributed by atoms with Crippen molar-refractivity contribution in [1.29, 1.82) is 0 Å². The van der Waals surface area contributed by atoms with E-state index in [1.165, 1.54) is 0 Å². The van der Waals surface area contributed by atoms with Gasteiger partial charge in [-0.2, -0.15) is 0 Å². The number of benzene rings is 2. The summed E-state index contributed by atoms with van der Waals surface area (Å²) >= 11 is 3.41. The van der Waals surface area contributed by atoms with Crippen molar-refractivity contribution in [1.82, 2.24) is 0 Å². The van der Waals surface area contributed by atoms with E-state index >= 15 is 0 Å². The predicted octanol–water partition coefficient (Wildman–Crippen LogP) is 4.88. The van der Waals surface area contributed by atoms with E-state index in [1.807, 2.05) is 48.5 Å². The van der Waals surface area contributed by atoms with Gasteiger partial charge in [0.25, 0.3) is 0 Å². The molecular formula is C16H16BrNO. The van der Waals surface area contributed by atoms with Crippen molar-refractivity contribution in [3.05, 3.63) is 71.2 Å². The summed E-state index contributed by atoms with van der Waals surface area (Å²) in [5, 5.41) is 13.4. The normalized spacial score (nSPS) is 11.8. The number of hydrogen-bond acceptors (Lipinski definition) is 2. The second-order valence-electron chi connectivity index (χ2n) is 4.29. The molecule has 0 heterocycles. The van der Waals surface area contributed by atoms with Crippen molar-refractivity contribution in [3.8, 4) is 5.75 Å². The van der Waals surface area contributed by atoms with Gasteiger partial charge in [-0.05, 0) is 36.8 Å². The van der Waals surface area contributed by atoms with Gasteiger partial charge < -0.3 is 10.4 Å². The zero-order valence-corrected chi connectivity index (χ0v) is 12.1. The summed E-state index contributed by atoms with van der Waals surface area (Å²) < 4.78 is 1.04.